The number of alkyl halides is 2. The Labute approximate surface area is 148 Å². The third kappa shape index (κ3) is 2.21. The number of halogens is 2. The molecule has 1 fully saturated rings. The molecule has 1 saturated heterocycles. The van der Waals surface area contributed by atoms with Gasteiger partial charge in [0.25, 0.3) is 5.25 Å². The predicted molar refractivity (Wildman–Crippen MR) is 85.4 cm³/mol. The Hall–Kier alpha value is -1.20. The number of aliphatic carboxylic acids is 1. The quantitative estimate of drug-likeness (QED) is 0.379. The van der Waals surface area contributed by atoms with Crippen LogP contribution in [0.25, 0.3) is 10.9 Å². The average Bonchev–Trinajstić information content (AvgIpc) is 2.94. The van der Waals surface area contributed by atoms with Gasteiger partial charge in [-0.1, -0.05) is 29.8 Å². The number of para-hydroxylation sites is 1. The van der Waals surface area contributed by atoms with E-state index in [2.05, 4.69) is 20.9 Å². The maximum Gasteiger partial charge on any atom is 0.336 e. The number of aromatic nitrogens is 1. The van der Waals surface area contributed by atoms with E-state index in [0.717, 1.165) is 0 Å². The SMILES string of the molecule is O=C(O)[C@H]1O[C@](O)(Cl)[C@@](O)(Br)[C@@H](O)[C@@]1(O)c1c[nH]c2ccccc12. The van der Waals surface area contributed by atoms with Gasteiger partial charge in [-0.05, 0) is 22.0 Å². The number of carbonyl (C=O) groups is 1. The van der Waals surface area contributed by atoms with Gasteiger partial charge in [0.05, 0.1) is 0 Å². The molecule has 8 nitrogen and oxygen atoms in total. The first-order valence-electron chi connectivity index (χ1n) is 6.73. The standard InChI is InChI=1S/C14H13BrClNO7/c15-13(22)11(20)12(21,9(10(18)19)24-14(13,16)23)7-5-17-8-4-2-1-3-6(7)8/h1-5,9,11,17,20-23H,(H,18,19)/t9-,11+,12-,13-,14+/m1/s1. The molecule has 10 heteroatoms. The maximum absolute atomic E-state index is 11.6. The first-order chi connectivity index (χ1) is 11.0. The molecule has 24 heavy (non-hydrogen) atoms. The number of aliphatic hydroxyl groups is 4. The summed E-state index contributed by atoms with van der Waals surface area (Å²) in [5.74, 6) is -1.69. The Morgan fingerprint density at radius 1 is 1.29 bits per heavy atom. The van der Waals surface area contributed by atoms with Crippen LogP contribution in [0.4, 0.5) is 0 Å². The van der Waals surface area contributed by atoms with Crippen LogP contribution in [-0.4, -0.2) is 58.5 Å². The van der Waals surface area contributed by atoms with Crippen LogP contribution >= 0.6 is 27.5 Å². The van der Waals surface area contributed by atoms with E-state index in [1.54, 1.807) is 24.3 Å². The van der Waals surface area contributed by atoms with Gasteiger partial charge in [-0.2, -0.15) is 0 Å². The Bertz CT molecular complexity index is 807. The molecule has 2 heterocycles. The first-order valence-corrected chi connectivity index (χ1v) is 7.90. The third-order valence-corrected chi connectivity index (χ3v) is 5.71. The summed E-state index contributed by atoms with van der Waals surface area (Å²) in [6.45, 7) is 0. The smallest absolute Gasteiger partial charge is 0.336 e. The van der Waals surface area contributed by atoms with E-state index in [1.165, 1.54) is 6.20 Å². The topological polar surface area (TPSA) is 143 Å². The van der Waals surface area contributed by atoms with Crippen molar-refractivity contribution in [3.63, 3.8) is 0 Å². The minimum atomic E-state index is -2.99. The number of nitrogens with one attached hydrogen (secondary N) is 1. The molecule has 5 atom stereocenters. The zero-order chi connectivity index (χ0) is 17.9. The number of H-pyrrole nitrogens is 1. The van der Waals surface area contributed by atoms with Crippen molar-refractivity contribution in [2.24, 2.45) is 0 Å². The van der Waals surface area contributed by atoms with Gasteiger partial charge in [-0.15, -0.1) is 0 Å². The van der Waals surface area contributed by atoms with Crippen molar-refractivity contribution < 1.29 is 35.1 Å². The van der Waals surface area contributed by atoms with Crippen LogP contribution < -0.4 is 0 Å². The minimum Gasteiger partial charge on any atom is -0.479 e. The average molecular weight is 423 g/mol. The van der Waals surface area contributed by atoms with Gasteiger partial charge in [0.2, 0.25) is 4.51 Å². The molecular weight excluding hydrogens is 410 g/mol. The van der Waals surface area contributed by atoms with Gasteiger partial charge < -0.3 is 35.3 Å². The fourth-order valence-corrected chi connectivity index (χ4v) is 3.50. The molecule has 0 bridgehead atoms. The molecular formula is C14H13BrClNO7. The molecule has 0 saturated carbocycles. The molecule has 1 aromatic carbocycles. The van der Waals surface area contributed by atoms with Crippen molar-refractivity contribution in [3.05, 3.63) is 36.0 Å². The highest BCUT2D eigenvalue weighted by Crippen LogP contribution is 2.52. The zero-order valence-electron chi connectivity index (χ0n) is 11.8. The Morgan fingerprint density at radius 3 is 2.54 bits per heavy atom. The molecule has 1 aromatic heterocycles. The van der Waals surface area contributed by atoms with E-state index in [0.29, 0.717) is 10.9 Å². The molecule has 3 rings (SSSR count). The maximum atomic E-state index is 11.6. The molecule has 1 aliphatic heterocycles. The molecule has 0 unspecified atom stereocenters. The van der Waals surface area contributed by atoms with Crippen LogP contribution in [0.3, 0.4) is 0 Å². The second-order valence-corrected chi connectivity index (χ2v) is 7.27. The van der Waals surface area contributed by atoms with Crippen molar-refractivity contribution >= 4 is 44.4 Å². The number of carboxylic acids is 1. The van der Waals surface area contributed by atoms with Crippen molar-refractivity contribution in [3.8, 4) is 0 Å². The molecule has 130 valence electrons. The number of fused-ring (bicyclic) bond motifs is 1. The second kappa shape index (κ2) is 5.40. The molecule has 2 aromatic rings. The summed E-state index contributed by atoms with van der Waals surface area (Å²) in [7, 11) is 0. The fraction of sp³-hybridized carbons (Fsp3) is 0.357. The van der Waals surface area contributed by atoms with E-state index in [1.807, 2.05) is 0 Å². The highest BCUT2D eigenvalue weighted by Gasteiger charge is 2.70. The summed E-state index contributed by atoms with van der Waals surface area (Å²) >= 11 is 8.22. The lowest BCUT2D eigenvalue weighted by molar-refractivity contribution is -0.344. The van der Waals surface area contributed by atoms with Crippen LogP contribution in [0.2, 0.25) is 0 Å². The number of hydrogen-bond donors (Lipinski definition) is 6. The highest BCUT2D eigenvalue weighted by atomic mass is 79.9. The van der Waals surface area contributed by atoms with Crippen LogP contribution in [-0.2, 0) is 15.1 Å². The van der Waals surface area contributed by atoms with Gasteiger partial charge in [-0.3, -0.25) is 0 Å². The molecule has 6 N–H and O–H groups in total. The van der Waals surface area contributed by atoms with Crippen LogP contribution in [0.1, 0.15) is 5.56 Å². The Kier molecular flexibility index (Phi) is 3.96. The minimum absolute atomic E-state index is 0.0389. The number of benzene rings is 1. The van der Waals surface area contributed by atoms with Gasteiger partial charge >= 0.3 is 5.97 Å². The van der Waals surface area contributed by atoms with E-state index >= 15 is 0 Å². The summed E-state index contributed by atoms with van der Waals surface area (Å²) in [6.07, 6.45) is -3.12. The number of hydrogen-bond acceptors (Lipinski definition) is 6. The zero-order valence-corrected chi connectivity index (χ0v) is 14.2. The number of ether oxygens (including phenoxy) is 1. The van der Waals surface area contributed by atoms with Crippen molar-refractivity contribution in [1.29, 1.82) is 0 Å². The largest absolute Gasteiger partial charge is 0.479 e. The molecule has 0 amide bonds. The lowest BCUT2D eigenvalue weighted by atomic mass is 9.78. The normalized spacial score (nSPS) is 39.9. The van der Waals surface area contributed by atoms with E-state index in [4.69, 9.17) is 16.3 Å². The van der Waals surface area contributed by atoms with Crippen molar-refractivity contribution in [2.75, 3.05) is 0 Å². The summed E-state index contributed by atoms with van der Waals surface area (Å²) in [5, 5.41) is 48.6. The number of rotatable bonds is 2. The fourth-order valence-electron chi connectivity index (χ4n) is 2.86. The first kappa shape index (κ1) is 17.6. The molecule has 0 radical (unpaired) electrons. The van der Waals surface area contributed by atoms with Gasteiger partial charge in [0.1, 0.15) is 6.10 Å². The summed E-state index contributed by atoms with van der Waals surface area (Å²) in [4.78, 5) is 14.4. The summed E-state index contributed by atoms with van der Waals surface area (Å²) < 4.78 is 2.06. The lowest BCUT2D eigenvalue weighted by Gasteiger charge is -2.51. The summed E-state index contributed by atoms with van der Waals surface area (Å²) in [6, 6.07) is 6.62. The Morgan fingerprint density at radius 2 is 1.92 bits per heavy atom. The molecule has 1 aliphatic rings. The number of aliphatic hydroxyl groups excluding tert-OH is 1. The third-order valence-electron chi connectivity index (χ3n) is 4.13. The number of aromatic amines is 1. The predicted octanol–water partition coefficient (Wildman–Crippen LogP) is 0.168. The Balaban J connectivity index is 2.26. The lowest BCUT2D eigenvalue weighted by Crippen LogP contribution is -2.73. The van der Waals surface area contributed by atoms with Crippen LogP contribution in [0.15, 0.2) is 30.5 Å². The van der Waals surface area contributed by atoms with E-state index < -0.39 is 33.5 Å². The number of carboxylic acid groups (broad SMARTS) is 1. The molecule has 0 aliphatic carbocycles. The van der Waals surface area contributed by atoms with Crippen LogP contribution in [0.5, 0.6) is 0 Å². The molecule has 0 spiro atoms. The van der Waals surface area contributed by atoms with Crippen molar-refractivity contribution in [1.82, 2.24) is 4.98 Å². The van der Waals surface area contributed by atoms with Gasteiger partial charge in [-0.25, -0.2) is 4.79 Å². The highest BCUT2D eigenvalue weighted by molar-refractivity contribution is 9.10. The van der Waals surface area contributed by atoms with Gasteiger partial charge in [0.15, 0.2) is 11.7 Å². The summed E-state index contributed by atoms with van der Waals surface area (Å²) in [5.41, 5.74) is -2.10. The monoisotopic (exact) mass is 421 g/mol. The van der Waals surface area contributed by atoms with Crippen molar-refractivity contribution in [2.45, 2.75) is 27.6 Å². The second-order valence-electron chi connectivity index (χ2n) is 5.55. The van der Waals surface area contributed by atoms with E-state index in [-0.39, 0.29) is 5.56 Å². The van der Waals surface area contributed by atoms with E-state index in [9.17, 15) is 30.3 Å². The van der Waals surface area contributed by atoms with Gasteiger partial charge in [0, 0.05) is 22.7 Å². The van der Waals surface area contributed by atoms with Crippen LogP contribution in [0, 0.1) is 0 Å².